The molecule has 0 unspecified atom stereocenters. The van der Waals surface area contributed by atoms with Crippen molar-refractivity contribution < 1.29 is 4.79 Å². The van der Waals surface area contributed by atoms with Crippen molar-refractivity contribution in [3.8, 4) is 0 Å². The first-order valence-electron chi connectivity index (χ1n) is 3.68. The molecule has 0 aliphatic carbocycles. The van der Waals surface area contributed by atoms with Gasteiger partial charge in [0.25, 0.3) is 0 Å². The Bertz CT molecular complexity index is 137. The van der Waals surface area contributed by atoms with Crippen molar-refractivity contribution >= 4 is 6.29 Å². The molecule has 0 bridgehead atoms. The fraction of sp³-hybridized carbons (Fsp3) is 0.667. The number of hydrogen-bond acceptors (Lipinski definition) is 1. The van der Waals surface area contributed by atoms with Crippen molar-refractivity contribution in [2.24, 2.45) is 5.41 Å². The molecule has 0 aliphatic heterocycles. The summed E-state index contributed by atoms with van der Waals surface area (Å²) in [6.45, 7) is 8.17. The largest absolute Gasteiger partial charge is 0.298 e. The molecular formula is C9H16O. The van der Waals surface area contributed by atoms with Gasteiger partial charge in [-0.2, -0.15) is 0 Å². The molecule has 10 heavy (non-hydrogen) atoms. The van der Waals surface area contributed by atoms with Gasteiger partial charge >= 0.3 is 0 Å². The predicted molar refractivity (Wildman–Crippen MR) is 43.9 cm³/mol. The lowest BCUT2D eigenvalue weighted by Gasteiger charge is -2.17. The smallest absolute Gasteiger partial charge is 0.146 e. The number of allylic oxidation sites excluding steroid dienone is 2. The van der Waals surface area contributed by atoms with E-state index in [0.717, 1.165) is 18.3 Å². The Hall–Kier alpha value is -0.590. The maximum absolute atomic E-state index is 10.5. The monoisotopic (exact) mass is 140 g/mol. The second-order valence-electron chi connectivity index (χ2n) is 3.44. The van der Waals surface area contributed by atoms with E-state index in [1.807, 2.05) is 33.8 Å². The lowest BCUT2D eigenvalue weighted by molar-refractivity contribution is -0.105. The van der Waals surface area contributed by atoms with Crippen molar-refractivity contribution in [1.82, 2.24) is 0 Å². The summed E-state index contributed by atoms with van der Waals surface area (Å²) in [5.41, 5.74) is 0.910. The summed E-state index contributed by atoms with van der Waals surface area (Å²) in [5.74, 6) is 0. The Morgan fingerprint density at radius 1 is 1.40 bits per heavy atom. The number of carbonyl (C=O) groups excluding carboxylic acids is 1. The standard InChI is InChI=1S/C9H16O/c1-5-6-8(7-10)9(2,3)4/h6-7H,5H2,1-4H3. The van der Waals surface area contributed by atoms with Gasteiger partial charge in [-0.3, -0.25) is 4.79 Å². The summed E-state index contributed by atoms with van der Waals surface area (Å²) in [4.78, 5) is 10.5. The SMILES string of the molecule is CCC=C(C=O)C(C)(C)C. The third-order valence-electron chi connectivity index (χ3n) is 1.42. The third kappa shape index (κ3) is 2.81. The normalized spacial score (nSPS) is 13.4. The van der Waals surface area contributed by atoms with Crippen molar-refractivity contribution in [3.05, 3.63) is 11.6 Å². The second-order valence-corrected chi connectivity index (χ2v) is 3.44. The number of carbonyl (C=O) groups is 1. The van der Waals surface area contributed by atoms with Gasteiger partial charge in [0, 0.05) is 0 Å². The van der Waals surface area contributed by atoms with Crippen LogP contribution in [0.1, 0.15) is 34.1 Å². The van der Waals surface area contributed by atoms with Crippen LogP contribution in [0.25, 0.3) is 0 Å². The van der Waals surface area contributed by atoms with Gasteiger partial charge in [-0.25, -0.2) is 0 Å². The van der Waals surface area contributed by atoms with E-state index in [0.29, 0.717) is 0 Å². The van der Waals surface area contributed by atoms with Crippen LogP contribution in [-0.2, 0) is 4.79 Å². The summed E-state index contributed by atoms with van der Waals surface area (Å²) in [6.07, 6.45) is 3.86. The van der Waals surface area contributed by atoms with E-state index in [1.54, 1.807) is 0 Å². The maximum atomic E-state index is 10.5. The average molecular weight is 140 g/mol. The fourth-order valence-electron chi connectivity index (χ4n) is 0.751. The minimum atomic E-state index is 0.0117. The number of hydrogen-bond donors (Lipinski definition) is 0. The van der Waals surface area contributed by atoms with E-state index in [1.165, 1.54) is 0 Å². The van der Waals surface area contributed by atoms with Gasteiger partial charge in [0.05, 0.1) is 0 Å². The van der Waals surface area contributed by atoms with Crippen molar-refractivity contribution in [3.63, 3.8) is 0 Å². The summed E-state index contributed by atoms with van der Waals surface area (Å²) >= 11 is 0. The van der Waals surface area contributed by atoms with Crippen molar-refractivity contribution in [2.75, 3.05) is 0 Å². The Labute approximate surface area is 63.1 Å². The van der Waals surface area contributed by atoms with Crippen LogP contribution in [0.2, 0.25) is 0 Å². The molecule has 0 rings (SSSR count). The number of rotatable bonds is 2. The van der Waals surface area contributed by atoms with Gasteiger partial charge in [-0.15, -0.1) is 0 Å². The van der Waals surface area contributed by atoms with E-state index in [-0.39, 0.29) is 5.41 Å². The molecule has 0 radical (unpaired) electrons. The topological polar surface area (TPSA) is 17.1 Å². The molecule has 0 N–H and O–H groups in total. The first kappa shape index (κ1) is 9.41. The Morgan fingerprint density at radius 2 is 1.90 bits per heavy atom. The van der Waals surface area contributed by atoms with Crippen LogP contribution in [0.4, 0.5) is 0 Å². The molecule has 0 atom stereocenters. The lowest BCUT2D eigenvalue weighted by Crippen LogP contribution is -2.10. The molecule has 0 aliphatic rings. The van der Waals surface area contributed by atoms with E-state index in [2.05, 4.69) is 0 Å². The summed E-state index contributed by atoms with van der Waals surface area (Å²) in [7, 11) is 0. The molecule has 0 spiro atoms. The third-order valence-corrected chi connectivity index (χ3v) is 1.42. The summed E-state index contributed by atoms with van der Waals surface area (Å²) in [6, 6.07) is 0. The minimum absolute atomic E-state index is 0.0117. The summed E-state index contributed by atoms with van der Waals surface area (Å²) < 4.78 is 0. The molecule has 0 aromatic carbocycles. The van der Waals surface area contributed by atoms with E-state index >= 15 is 0 Å². The number of aldehydes is 1. The van der Waals surface area contributed by atoms with E-state index in [9.17, 15) is 4.79 Å². The molecule has 1 nitrogen and oxygen atoms in total. The molecule has 0 amide bonds. The lowest BCUT2D eigenvalue weighted by atomic mass is 9.87. The average Bonchev–Trinajstić information content (AvgIpc) is 1.80. The molecule has 58 valence electrons. The van der Waals surface area contributed by atoms with Gasteiger partial charge in [-0.05, 0) is 17.4 Å². The fourth-order valence-corrected chi connectivity index (χ4v) is 0.751. The zero-order chi connectivity index (χ0) is 8.20. The van der Waals surface area contributed by atoms with Crippen LogP contribution in [0.15, 0.2) is 11.6 Å². The molecule has 0 aromatic rings. The summed E-state index contributed by atoms with van der Waals surface area (Å²) in [5, 5.41) is 0. The zero-order valence-corrected chi connectivity index (χ0v) is 7.27. The van der Waals surface area contributed by atoms with E-state index in [4.69, 9.17) is 0 Å². The molecule has 1 heteroatoms. The second kappa shape index (κ2) is 3.55. The van der Waals surface area contributed by atoms with Crippen LogP contribution in [-0.4, -0.2) is 6.29 Å². The minimum Gasteiger partial charge on any atom is -0.298 e. The predicted octanol–water partition coefficient (Wildman–Crippen LogP) is 2.57. The molecule has 0 heterocycles. The molecular weight excluding hydrogens is 124 g/mol. The van der Waals surface area contributed by atoms with Crippen LogP contribution in [0, 0.1) is 5.41 Å². The van der Waals surface area contributed by atoms with Crippen LogP contribution in [0.5, 0.6) is 0 Å². The molecule has 0 saturated heterocycles. The maximum Gasteiger partial charge on any atom is 0.146 e. The first-order chi connectivity index (χ1) is 4.52. The Morgan fingerprint density at radius 3 is 2.00 bits per heavy atom. The Kier molecular flexibility index (Phi) is 3.34. The van der Waals surface area contributed by atoms with Crippen LogP contribution >= 0.6 is 0 Å². The van der Waals surface area contributed by atoms with Crippen LogP contribution < -0.4 is 0 Å². The Balaban J connectivity index is 4.36. The van der Waals surface area contributed by atoms with Crippen LogP contribution in [0.3, 0.4) is 0 Å². The van der Waals surface area contributed by atoms with E-state index < -0.39 is 0 Å². The van der Waals surface area contributed by atoms with Crippen molar-refractivity contribution in [1.29, 1.82) is 0 Å². The zero-order valence-electron chi connectivity index (χ0n) is 7.27. The highest BCUT2D eigenvalue weighted by Crippen LogP contribution is 2.23. The quantitative estimate of drug-likeness (QED) is 0.425. The van der Waals surface area contributed by atoms with Gasteiger partial charge in [0.2, 0.25) is 0 Å². The molecule has 0 fully saturated rings. The first-order valence-corrected chi connectivity index (χ1v) is 3.68. The van der Waals surface area contributed by atoms with Crippen molar-refractivity contribution in [2.45, 2.75) is 34.1 Å². The highest BCUT2D eigenvalue weighted by molar-refractivity contribution is 5.74. The molecule has 0 aromatic heterocycles. The van der Waals surface area contributed by atoms with Gasteiger partial charge in [0.15, 0.2) is 0 Å². The highest BCUT2D eigenvalue weighted by atomic mass is 16.1. The van der Waals surface area contributed by atoms with Gasteiger partial charge in [-0.1, -0.05) is 33.8 Å². The highest BCUT2D eigenvalue weighted by Gasteiger charge is 2.14. The molecule has 0 saturated carbocycles. The van der Waals surface area contributed by atoms with Gasteiger partial charge in [0.1, 0.15) is 6.29 Å². The van der Waals surface area contributed by atoms with Gasteiger partial charge < -0.3 is 0 Å².